The maximum absolute atomic E-state index is 12.9. The fraction of sp³-hybridized carbons (Fsp3) is 0. The van der Waals surface area contributed by atoms with Gasteiger partial charge in [0, 0.05) is 21.1 Å². The number of carbonyl (C=O) groups is 1. The maximum Gasteiger partial charge on any atom is 0.262 e. The van der Waals surface area contributed by atoms with E-state index in [1.807, 2.05) is 18.2 Å². The zero-order valence-electron chi connectivity index (χ0n) is 14.4. The molecule has 138 valence electrons. The van der Waals surface area contributed by atoms with Crippen molar-refractivity contribution in [3.05, 3.63) is 93.5 Å². The number of nitrogens with one attached hydrogen (secondary N) is 1. The van der Waals surface area contributed by atoms with Gasteiger partial charge in [0.05, 0.1) is 5.69 Å². The molecule has 0 unspecified atom stereocenters. The molecule has 7 heteroatoms. The van der Waals surface area contributed by atoms with Crippen molar-refractivity contribution in [3.63, 3.8) is 0 Å². The molecule has 0 aliphatic heterocycles. The third-order valence-electron chi connectivity index (χ3n) is 3.92. The number of aromatic nitrogens is 1. The van der Waals surface area contributed by atoms with Crippen molar-refractivity contribution in [2.45, 2.75) is 0 Å². The molecule has 5 nitrogen and oxygen atoms in total. The van der Waals surface area contributed by atoms with Gasteiger partial charge in [-0.25, -0.2) is 9.98 Å². The van der Waals surface area contributed by atoms with Gasteiger partial charge in [-0.3, -0.25) is 4.79 Å². The van der Waals surface area contributed by atoms with E-state index in [9.17, 15) is 4.79 Å². The molecule has 2 aromatic carbocycles. The number of rotatable bonds is 3. The van der Waals surface area contributed by atoms with Gasteiger partial charge < -0.3 is 9.73 Å². The first-order valence-corrected chi connectivity index (χ1v) is 9.52. The predicted octanol–water partition coefficient (Wildman–Crippen LogP) is 5.73. The van der Waals surface area contributed by atoms with Crippen molar-refractivity contribution in [1.82, 2.24) is 4.98 Å². The second kappa shape index (κ2) is 7.96. The summed E-state index contributed by atoms with van der Waals surface area (Å²) < 4.78 is 6.82. The van der Waals surface area contributed by atoms with Crippen LogP contribution in [0.1, 0.15) is 10.4 Å². The number of amides is 1. The zero-order valence-corrected chi connectivity index (χ0v) is 16.7. The highest BCUT2D eigenvalue weighted by Crippen LogP contribution is 2.21. The van der Waals surface area contributed by atoms with Gasteiger partial charge in [0.1, 0.15) is 17.0 Å². The van der Waals surface area contributed by atoms with Gasteiger partial charge in [-0.2, -0.15) is 0 Å². The summed E-state index contributed by atoms with van der Waals surface area (Å²) in [5, 5.41) is 4.15. The van der Waals surface area contributed by atoms with Crippen LogP contribution in [0.15, 0.2) is 86.8 Å². The Bertz CT molecular complexity index is 1220. The first-order chi connectivity index (χ1) is 13.6. The number of anilines is 1. The van der Waals surface area contributed by atoms with E-state index in [1.54, 1.807) is 54.7 Å². The van der Waals surface area contributed by atoms with Crippen LogP contribution in [0.25, 0.3) is 11.0 Å². The van der Waals surface area contributed by atoms with E-state index in [0.717, 1.165) is 9.86 Å². The van der Waals surface area contributed by atoms with Crippen molar-refractivity contribution < 1.29 is 9.21 Å². The highest BCUT2D eigenvalue weighted by molar-refractivity contribution is 9.10. The summed E-state index contributed by atoms with van der Waals surface area (Å²) in [7, 11) is 0. The minimum absolute atomic E-state index is 0.200. The Balaban J connectivity index is 1.86. The molecule has 1 amide bonds. The van der Waals surface area contributed by atoms with Gasteiger partial charge in [-0.15, -0.1) is 0 Å². The molecular formula is C21H13BrClN3O2. The second-order valence-corrected chi connectivity index (χ2v) is 7.26. The Morgan fingerprint density at radius 3 is 2.64 bits per heavy atom. The number of nitrogens with zero attached hydrogens (tertiary/aromatic N) is 2. The molecule has 4 rings (SSSR count). The van der Waals surface area contributed by atoms with Crippen molar-refractivity contribution in [1.29, 1.82) is 0 Å². The Morgan fingerprint density at radius 2 is 1.89 bits per heavy atom. The summed E-state index contributed by atoms with van der Waals surface area (Å²) in [5.74, 6) is 0.0799. The molecular weight excluding hydrogens is 442 g/mol. The lowest BCUT2D eigenvalue weighted by atomic mass is 10.1. The minimum atomic E-state index is -0.364. The van der Waals surface area contributed by atoms with Crippen LogP contribution in [-0.2, 0) is 0 Å². The fourth-order valence-corrected chi connectivity index (χ4v) is 3.11. The van der Waals surface area contributed by atoms with E-state index in [-0.39, 0.29) is 11.5 Å². The summed E-state index contributed by atoms with van der Waals surface area (Å²) in [6.07, 6.45) is 1.61. The van der Waals surface area contributed by atoms with Crippen molar-refractivity contribution in [2.75, 3.05) is 5.32 Å². The Labute approximate surface area is 173 Å². The fourth-order valence-electron chi connectivity index (χ4n) is 2.60. The first kappa shape index (κ1) is 18.4. The molecule has 0 aliphatic carbocycles. The lowest BCUT2D eigenvalue weighted by molar-refractivity contribution is 0.102. The molecule has 4 aromatic rings. The normalized spacial score (nSPS) is 11.6. The van der Waals surface area contributed by atoms with Crippen molar-refractivity contribution in [2.24, 2.45) is 4.99 Å². The molecule has 1 N–H and O–H groups in total. The molecule has 0 aliphatic rings. The minimum Gasteiger partial charge on any atom is -0.438 e. The van der Waals surface area contributed by atoms with Crippen LogP contribution in [0, 0.1) is 0 Å². The molecule has 2 aromatic heterocycles. The Hall–Kier alpha value is -2.96. The first-order valence-electron chi connectivity index (χ1n) is 8.34. The standard InChI is InChI=1S/C21H13BrClN3O2/c22-14-4-9-18-13(11-14)12-17(20(27)26-19-3-1-2-10-24-19)21(28-18)25-16-7-5-15(23)6-8-16/h1-12H,(H,24,26,27). The highest BCUT2D eigenvalue weighted by Gasteiger charge is 2.14. The smallest absolute Gasteiger partial charge is 0.262 e. The van der Waals surface area contributed by atoms with Gasteiger partial charge in [-0.05, 0) is 60.7 Å². The SMILES string of the molecule is O=C(Nc1ccccn1)c1cc2cc(Br)ccc2oc1=Nc1ccc(Cl)cc1. The number of fused-ring (bicyclic) bond motifs is 1. The van der Waals surface area contributed by atoms with E-state index < -0.39 is 0 Å². The summed E-state index contributed by atoms with van der Waals surface area (Å²) in [5.41, 5.74) is 1.73. The van der Waals surface area contributed by atoms with E-state index in [2.05, 4.69) is 31.2 Å². The lowest BCUT2D eigenvalue weighted by Crippen LogP contribution is -2.22. The number of carbonyl (C=O) groups excluding carboxylic acids is 1. The van der Waals surface area contributed by atoms with Crippen LogP contribution < -0.4 is 10.9 Å². The van der Waals surface area contributed by atoms with E-state index in [4.69, 9.17) is 16.0 Å². The number of benzene rings is 2. The number of hydrogen-bond donors (Lipinski definition) is 1. The molecule has 0 saturated heterocycles. The number of pyridine rings is 1. The number of halogens is 2. The van der Waals surface area contributed by atoms with Crippen molar-refractivity contribution >= 4 is 55.9 Å². The van der Waals surface area contributed by atoms with E-state index >= 15 is 0 Å². The highest BCUT2D eigenvalue weighted by atomic mass is 79.9. The predicted molar refractivity (Wildman–Crippen MR) is 113 cm³/mol. The van der Waals surface area contributed by atoms with Crippen LogP contribution in [0.4, 0.5) is 11.5 Å². The van der Waals surface area contributed by atoms with Gasteiger partial charge in [-0.1, -0.05) is 33.6 Å². The molecule has 0 saturated carbocycles. The summed E-state index contributed by atoms with van der Waals surface area (Å²) in [6, 6.07) is 19.6. The molecule has 0 radical (unpaired) electrons. The van der Waals surface area contributed by atoms with Crippen LogP contribution >= 0.6 is 27.5 Å². The van der Waals surface area contributed by atoms with Crippen LogP contribution in [-0.4, -0.2) is 10.9 Å². The van der Waals surface area contributed by atoms with Gasteiger partial charge in [0.15, 0.2) is 0 Å². The molecule has 0 fully saturated rings. The molecule has 2 heterocycles. The van der Waals surface area contributed by atoms with Crippen LogP contribution in [0.5, 0.6) is 0 Å². The average molecular weight is 455 g/mol. The monoisotopic (exact) mass is 453 g/mol. The topological polar surface area (TPSA) is 67.5 Å². The third kappa shape index (κ3) is 4.13. The molecule has 0 bridgehead atoms. The van der Waals surface area contributed by atoms with Crippen LogP contribution in [0.2, 0.25) is 5.02 Å². The quantitative estimate of drug-likeness (QED) is 0.430. The average Bonchev–Trinajstić information content (AvgIpc) is 2.70. The molecule has 0 spiro atoms. The Kier molecular flexibility index (Phi) is 5.23. The molecule has 28 heavy (non-hydrogen) atoms. The molecule has 0 atom stereocenters. The largest absolute Gasteiger partial charge is 0.438 e. The van der Waals surface area contributed by atoms with Gasteiger partial charge in [0.2, 0.25) is 5.55 Å². The second-order valence-electron chi connectivity index (χ2n) is 5.90. The van der Waals surface area contributed by atoms with Crippen molar-refractivity contribution in [3.8, 4) is 0 Å². The zero-order chi connectivity index (χ0) is 19.5. The van der Waals surface area contributed by atoms with Crippen LogP contribution in [0.3, 0.4) is 0 Å². The van der Waals surface area contributed by atoms with E-state index in [0.29, 0.717) is 27.7 Å². The third-order valence-corrected chi connectivity index (χ3v) is 4.66. The summed E-state index contributed by atoms with van der Waals surface area (Å²) >= 11 is 9.38. The summed E-state index contributed by atoms with van der Waals surface area (Å²) in [6.45, 7) is 0. The Morgan fingerprint density at radius 1 is 1.07 bits per heavy atom. The maximum atomic E-state index is 12.9. The van der Waals surface area contributed by atoms with Gasteiger partial charge >= 0.3 is 0 Å². The number of hydrogen-bond acceptors (Lipinski definition) is 4. The van der Waals surface area contributed by atoms with Gasteiger partial charge in [0.25, 0.3) is 5.91 Å². The lowest BCUT2D eigenvalue weighted by Gasteiger charge is -2.06. The van der Waals surface area contributed by atoms with E-state index in [1.165, 1.54) is 0 Å². The summed E-state index contributed by atoms with van der Waals surface area (Å²) in [4.78, 5) is 21.5.